The molecule has 0 fully saturated rings. The van der Waals surface area contributed by atoms with Crippen molar-refractivity contribution in [2.45, 2.75) is 116 Å². The van der Waals surface area contributed by atoms with Gasteiger partial charge in [0.1, 0.15) is 0 Å². The SMILES string of the molecule is CCCCCCCC/C=C\CCCCCCCC(=O)N[C@@H](CCC(=O)O)C(=O)[O-].[K+]. The van der Waals surface area contributed by atoms with E-state index in [0.29, 0.717) is 6.42 Å². The van der Waals surface area contributed by atoms with Gasteiger partial charge in [0, 0.05) is 12.8 Å². The molecule has 0 bridgehead atoms. The summed E-state index contributed by atoms with van der Waals surface area (Å²) >= 11 is 0. The molecule has 0 saturated carbocycles. The average molecular weight is 450 g/mol. The first-order valence-electron chi connectivity index (χ1n) is 11.3. The summed E-state index contributed by atoms with van der Waals surface area (Å²) in [5.41, 5.74) is 0. The monoisotopic (exact) mass is 449 g/mol. The van der Waals surface area contributed by atoms with Crippen molar-refractivity contribution in [1.29, 1.82) is 0 Å². The molecule has 0 aromatic rings. The largest absolute Gasteiger partial charge is 1.00 e. The van der Waals surface area contributed by atoms with Gasteiger partial charge in [-0.2, -0.15) is 0 Å². The molecule has 7 heteroatoms. The third-order valence-corrected chi connectivity index (χ3v) is 4.93. The second kappa shape index (κ2) is 23.4. The van der Waals surface area contributed by atoms with Gasteiger partial charge < -0.3 is 20.3 Å². The zero-order valence-corrected chi connectivity index (χ0v) is 22.2. The number of hydrogen-bond acceptors (Lipinski definition) is 4. The summed E-state index contributed by atoms with van der Waals surface area (Å²) in [6.45, 7) is 2.24. The van der Waals surface area contributed by atoms with Crippen LogP contribution in [0, 0.1) is 0 Å². The molecule has 0 unspecified atom stereocenters. The minimum atomic E-state index is -1.44. The van der Waals surface area contributed by atoms with Crippen LogP contribution in [0.5, 0.6) is 0 Å². The summed E-state index contributed by atoms with van der Waals surface area (Å²) < 4.78 is 0. The maximum Gasteiger partial charge on any atom is 1.00 e. The molecule has 0 aliphatic carbocycles. The number of allylic oxidation sites excluding steroid dienone is 2. The average Bonchev–Trinajstić information content (AvgIpc) is 2.67. The predicted octanol–water partition coefficient (Wildman–Crippen LogP) is 1.13. The Balaban J connectivity index is 0. The molecule has 0 radical (unpaired) electrons. The van der Waals surface area contributed by atoms with E-state index in [1.54, 1.807) is 0 Å². The maximum absolute atomic E-state index is 11.8. The van der Waals surface area contributed by atoms with Gasteiger partial charge in [0.15, 0.2) is 0 Å². The Hall–Kier alpha value is -0.214. The standard InChI is InChI=1S/C23H41NO5.K/c1-2-3-4-5-6-7-8-9-10-11-12-13-14-15-16-17-21(25)24-20(23(28)29)18-19-22(26)27;/h9-10,20H,2-8,11-19H2,1H3,(H,24,25)(H,26,27)(H,28,29);/q;+1/p-1/b10-9-;/t20-;/m0./s1. The molecule has 6 nitrogen and oxygen atoms in total. The first kappa shape index (κ1) is 32.0. The number of amides is 1. The van der Waals surface area contributed by atoms with Gasteiger partial charge in [0.05, 0.1) is 12.0 Å². The molecule has 0 aliphatic heterocycles. The van der Waals surface area contributed by atoms with Crippen LogP contribution in [0.3, 0.4) is 0 Å². The molecule has 30 heavy (non-hydrogen) atoms. The molecule has 0 aliphatic rings. The van der Waals surface area contributed by atoms with Crippen molar-refractivity contribution in [3.8, 4) is 0 Å². The van der Waals surface area contributed by atoms with E-state index in [-0.39, 0.29) is 76.6 Å². The van der Waals surface area contributed by atoms with Crippen molar-refractivity contribution in [3.05, 3.63) is 12.2 Å². The van der Waals surface area contributed by atoms with Crippen LogP contribution >= 0.6 is 0 Å². The Morgan fingerprint density at radius 2 is 1.33 bits per heavy atom. The topological polar surface area (TPSA) is 107 Å². The Kier molecular flexibility index (Phi) is 25.0. The second-order valence-corrected chi connectivity index (χ2v) is 7.71. The molecule has 0 heterocycles. The first-order chi connectivity index (χ1) is 14.0. The Bertz CT molecular complexity index is 482. The van der Waals surface area contributed by atoms with Crippen molar-refractivity contribution in [2.75, 3.05) is 0 Å². The number of carbonyl (C=O) groups excluding carboxylic acids is 2. The molecular weight excluding hydrogens is 409 g/mol. The van der Waals surface area contributed by atoms with E-state index in [0.717, 1.165) is 32.1 Å². The smallest absolute Gasteiger partial charge is 0.548 e. The Morgan fingerprint density at radius 3 is 1.83 bits per heavy atom. The fourth-order valence-electron chi connectivity index (χ4n) is 3.14. The van der Waals surface area contributed by atoms with E-state index in [1.807, 2.05) is 0 Å². The van der Waals surface area contributed by atoms with E-state index in [9.17, 15) is 19.5 Å². The number of rotatable bonds is 20. The maximum atomic E-state index is 11.8. The first-order valence-corrected chi connectivity index (χ1v) is 11.3. The fraction of sp³-hybridized carbons (Fsp3) is 0.783. The van der Waals surface area contributed by atoms with Gasteiger partial charge in [-0.25, -0.2) is 0 Å². The molecular formula is C23H40KNO5. The zero-order valence-electron chi connectivity index (χ0n) is 19.1. The summed E-state index contributed by atoms with van der Waals surface area (Å²) in [5.74, 6) is -2.89. The summed E-state index contributed by atoms with van der Waals surface area (Å²) in [5, 5.41) is 21.9. The molecule has 0 saturated heterocycles. The quantitative estimate of drug-likeness (QED) is 0.165. The molecule has 1 amide bonds. The van der Waals surface area contributed by atoms with E-state index >= 15 is 0 Å². The van der Waals surface area contributed by atoms with Crippen LogP contribution in [-0.2, 0) is 14.4 Å². The van der Waals surface area contributed by atoms with Crippen LogP contribution < -0.4 is 61.8 Å². The summed E-state index contributed by atoms with van der Waals surface area (Å²) in [6.07, 6.45) is 19.6. The summed E-state index contributed by atoms with van der Waals surface area (Å²) in [6, 6.07) is -1.23. The minimum Gasteiger partial charge on any atom is -0.548 e. The van der Waals surface area contributed by atoms with E-state index in [1.165, 1.54) is 44.9 Å². The van der Waals surface area contributed by atoms with E-state index < -0.39 is 18.0 Å². The van der Waals surface area contributed by atoms with Crippen molar-refractivity contribution in [1.82, 2.24) is 5.32 Å². The fourth-order valence-corrected chi connectivity index (χ4v) is 3.14. The van der Waals surface area contributed by atoms with Crippen LogP contribution in [-0.4, -0.2) is 29.0 Å². The second-order valence-electron chi connectivity index (χ2n) is 7.71. The number of unbranched alkanes of at least 4 members (excludes halogenated alkanes) is 11. The van der Waals surface area contributed by atoms with Gasteiger partial charge in [0.2, 0.25) is 5.91 Å². The predicted molar refractivity (Wildman–Crippen MR) is 113 cm³/mol. The number of carboxylic acids is 2. The normalized spacial score (nSPS) is 11.8. The molecule has 0 spiro atoms. The molecule has 0 aromatic heterocycles. The van der Waals surface area contributed by atoms with Gasteiger partial charge in [-0.15, -0.1) is 0 Å². The van der Waals surface area contributed by atoms with Crippen molar-refractivity contribution in [3.63, 3.8) is 0 Å². The van der Waals surface area contributed by atoms with Crippen LogP contribution in [0.15, 0.2) is 12.2 Å². The molecule has 168 valence electrons. The number of hydrogen-bond donors (Lipinski definition) is 2. The van der Waals surface area contributed by atoms with Gasteiger partial charge in [-0.1, -0.05) is 70.4 Å². The van der Waals surface area contributed by atoms with Crippen LogP contribution in [0.4, 0.5) is 0 Å². The third kappa shape index (κ3) is 22.5. The molecule has 0 aromatic carbocycles. The van der Waals surface area contributed by atoms with Gasteiger partial charge in [0.25, 0.3) is 0 Å². The zero-order chi connectivity index (χ0) is 21.7. The van der Waals surface area contributed by atoms with Crippen LogP contribution in [0.2, 0.25) is 0 Å². The van der Waals surface area contributed by atoms with E-state index in [2.05, 4.69) is 24.4 Å². The van der Waals surface area contributed by atoms with E-state index in [4.69, 9.17) is 5.11 Å². The molecule has 2 N–H and O–H groups in total. The van der Waals surface area contributed by atoms with Crippen molar-refractivity contribution < 1.29 is 76.0 Å². The van der Waals surface area contributed by atoms with Gasteiger partial charge in [-0.3, -0.25) is 9.59 Å². The summed E-state index contributed by atoms with van der Waals surface area (Å²) in [7, 11) is 0. The van der Waals surface area contributed by atoms with Crippen LogP contribution in [0.25, 0.3) is 0 Å². The number of aliphatic carboxylic acids is 2. The van der Waals surface area contributed by atoms with Crippen molar-refractivity contribution >= 4 is 17.8 Å². The molecule has 1 atom stereocenters. The Labute approximate surface area is 225 Å². The Morgan fingerprint density at radius 1 is 0.833 bits per heavy atom. The number of carbonyl (C=O) groups is 3. The minimum absolute atomic E-state index is 0. The van der Waals surface area contributed by atoms with Gasteiger partial charge in [-0.05, 0) is 38.5 Å². The van der Waals surface area contributed by atoms with Crippen molar-refractivity contribution in [2.24, 2.45) is 0 Å². The van der Waals surface area contributed by atoms with Crippen LogP contribution in [0.1, 0.15) is 110 Å². The number of carboxylic acid groups (broad SMARTS) is 2. The number of nitrogens with one attached hydrogen (secondary N) is 1. The summed E-state index contributed by atoms with van der Waals surface area (Å²) in [4.78, 5) is 33.2. The van der Waals surface area contributed by atoms with Gasteiger partial charge >= 0.3 is 57.4 Å². The third-order valence-electron chi connectivity index (χ3n) is 4.93. The molecule has 0 rings (SSSR count).